The summed E-state index contributed by atoms with van der Waals surface area (Å²) >= 11 is 0. The number of hydrogen-bond acceptors (Lipinski definition) is 1. The summed E-state index contributed by atoms with van der Waals surface area (Å²) in [4.78, 5) is 12.3. The number of hydrogen-bond donors (Lipinski definition) is 1. The lowest BCUT2D eigenvalue weighted by Crippen LogP contribution is -2.31. The molecule has 0 aliphatic carbocycles. The lowest BCUT2D eigenvalue weighted by molar-refractivity contribution is 0.131. The third-order valence-electron chi connectivity index (χ3n) is 2.34. The zero-order valence-electron chi connectivity index (χ0n) is 8.47. The van der Waals surface area contributed by atoms with Crippen molar-refractivity contribution < 1.29 is 9.90 Å². The van der Waals surface area contributed by atoms with Crippen LogP contribution in [0.15, 0.2) is 30.3 Å². The van der Waals surface area contributed by atoms with Crippen LogP contribution in [0.2, 0.25) is 0 Å². The van der Waals surface area contributed by atoms with Gasteiger partial charge in [-0.15, -0.1) is 0 Å². The third-order valence-corrected chi connectivity index (χ3v) is 2.34. The fourth-order valence-corrected chi connectivity index (χ4v) is 1.49. The summed E-state index contributed by atoms with van der Waals surface area (Å²) in [5.74, 6) is 0. The molecule has 0 fully saturated rings. The number of benzene rings is 1. The Hall–Kier alpha value is -1.51. The molecule has 0 spiro atoms. The molecule has 76 valence electrons. The summed E-state index contributed by atoms with van der Waals surface area (Å²) in [6.07, 6.45) is -0.871. The van der Waals surface area contributed by atoms with Crippen molar-refractivity contribution in [3.63, 3.8) is 0 Å². The van der Waals surface area contributed by atoms with Crippen LogP contribution in [0.5, 0.6) is 0 Å². The number of nitrogens with zero attached hydrogens (tertiary/aromatic N) is 1. The second kappa shape index (κ2) is 4.65. The molecule has 1 unspecified atom stereocenters. The van der Waals surface area contributed by atoms with E-state index in [2.05, 4.69) is 0 Å². The van der Waals surface area contributed by atoms with E-state index < -0.39 is 6.09 Å². The molecular weight excluding hydrogens is 178 g/mol. The molecule has 0 aliphatic rings. The van der Waals surface area contributed by atoms with Crippen molar-refractivity contribution in [1.29, 1.82) is 0 Å². The molecule has 1 aromatic carbocycles. The molecule has 1 atom stereocenters. The van der Waals surface area contributed by atoms with Gasteiger partial charge in [0.05, 0.1) is 6.04 Å². The Morgan fingerprint density at radius 3 is 2.43 bits per heavy atom. The quantitative estimate of drug-likeness (QED) is 0.801. The Morgan fingerprint density at radius 1 is 1.43 bits per heavy atom. The number of carbonyl (C=O) groups is 1. The molecule has 0 saturated heterocycles. The van der Waals surface area contributed by atoms with Gasteiger partial charge in [0.15, 0.2) is 0 Å². The van der Waals surface area contributed by atoms with Gasteiger partial charge in [0.2, 0.25) is 0 Å². The molecule has 3 nitrogen and oxygen atoms in total. The van der Waals surface area contributed by atoms with Crippen molar-refractivity contribution in [3.05, 3.63) is 35.9 Å². The van der Waals surface area contributed by atoms with E-state index in [-0.39, 0.29) is 6.04 Å². The molecule has 14 heavy (non-hydrogen) atoms. The van der Waals surface area contributed by atoms with Gasteiger partial charge in [0.1, 0.15) is 0 Å². The lowest BCUT2D eigenvalue weighted by Gasteiger charge is -2.25. The maximum atomic E-state index is 10.9. The van der Waals surface area contributed by atoms with Gasteiger partial charge in [0.25, 0.3) is 0 Å². The molecule has 0 saturated carbocycles. The molecule has 3 heteroatoms. The van der Waals surface area contributed by atoms with Crippen LogP contribution in [0.25, 0.3) is 0 Å². The summed E-state index contributed by atoms with van der Waals surface area (Å²) in [6.45, 7) is 4.24. The van der Waals surface area contributed by atoms with Crippen molar-refractivity contribution in [2.24, 2.45) is 0 Å². The molecule has 1 aromatic rings. The van der Waals surface area contributed by atoms with E-state index >= 15 is 0 Å². The molecule has 0 aliphatic heterocycles. The van der Waals surface area contributed by atoms with Gasteiger partial charge in [-0.3, -0.25) is 0 Å². The van der Waals surface area contributed by atoms with E-state index in [9.17, 15) is 4.79 Å². The predicted octanol–water partition coefficient (Wildman–Crippen LogP) is 2.75. The van der Waals surface area contributed by atoms with Gasteiger partial charge >= 0.3 is 6.09 Å². The normalized spacial score (nSPS) is 12.1. The summed E-state index contributed by atoms with van der Waals surface area (Å²) in [5, 5.41) is 8.93. The van der Waals surface area contributed by atoms with E-state index in [4.69, 9.17) is 5.11 Å². The minimum atomic E-state index is -0.871. The van der Waals surface area contributed by atoms with Crippen molar-refractivity contribution in [2.75, 3.05) is 6.54 Å². The zero-order valence-corrected chi connectivity index (χ0v) is 8.47. The smallest absolute Gasteiger partial charge is 0.407 e. The Balaban J connectivity index is 2.83. The van der Waals surface area contributed by atoms with Crippen molar-refractivity contribution in [3.8, 4) is 0 Å². The maximum Gasteiger partial charge on any atom is 0.407 e. The van der Waals surface area contributed by atoms with E-state index in [1.807, 2.05) is 44.2 Å². The summed E-state index contributed by atoms with van der Waals surface area (Å²) in [5.41, 5.74) is 1.02. The molecule has 0 radical (unpaired) electrons. The first kappa shape index (κ1) is 10.6. The molecule has 0 bridgehead atoms. The Labute approximate surface area is 84.0 Å². The van der Waals surface area contributed by atoms with Gasteiger partial charge in [-0.05, 0) is 19.4 Å². The lowest BCUT2D eigenvalue weighted by atomic mass is 10.1. The molecule has 0 aromatic heterocycles. The van der Waals surface area contributed by atoms with Crippen LogP contribution >= 0.6 is 0 Å². The van der Waals surface area contributed by atoms with Crippen LogP contribution in [0.1, 0.15) is 25.5 Å². The minimum Gasteiger partial charge on any atom is -0.465 e. The van der Waals surface area contributed by atoms with Crippen LogP contribution in [-0.2, 0) is 0 Å². The highest BCUT2D eigenvalue weighted by Crippen LogP contribution is 2.19. The average Bonchev–Trinajstić information content (AvgIpc) is 2.19. The maximum absolute atomic E-state index is 10.9. The highest BCUT2D eigenvalue weighted by molar-refractivity contribution is 5.65. The van der Waals surface area contributed by atoms with Crippen LogP contribution in [0, 0.1) is 0 Å². The molecule has 1 rings (SSSR count). The number of rotatable bonds is 3. The summed E-state index contributed by atoms with van der Waals surface area (Å²) < 4.78 is 0. The van der Waals surface area contributed by atoms with Crippen molar-refractivity contribution >= 4 is 6.09 Å². The minimum absolute atomic E-state index is 0.0845. The van der Waals surface area contributed by atoms with Gasteiger partial charge in [-0.25, -0.2) is 4.79 Å². The van der Waals surface area contributed by atoms with E-state index in [1.165, 1.54) is 4.90 Å². The van der Waals surface area contributed by atoms with Crippen LogP contribution in [0.3, 0.4) is 0 Å². The fraction of sp³-hybridized carbons (Fsp3) is 0.364. The first-order valence-electron chi connectivity index (χ1n) is 4.71. The van der Waals surface area contributed by atoms with Crippen LogP contribution < -0.4 is 0 Å². The fourth-order valence-electron chi connectivity index (χ4n) is 1.49. The Bertz CT molecular complexity index is 297. The zero-order chi connectivity index (χ0) is 10.6. The third kappa shape index (κ3) is 2.25. The largest absolute Gasteiger partial charge is 0.465 e. The van der Waals surface area contributed by atoms with Crippen LogP contribution in [0.4, 0.5) is 4.79 Å². The van der Waals surface area contributed by atoms with Gasteiger partial charge in [-0.1, -0.05) is 30.3 Å². The first-order chi connectivity index (χ1) is 6.66. The van der Waals surface area contributed by atoms with E-state index in [0.717, 1.165) is 5.56 Å². The Kier molecular flexibility index (Phi) is 3.51. The second-order valence-electron chi connectivity index (χ2n) is 3.16. The SMILES string of the molecule is CCN(C(=O)O)C(C)c1ccccc1. The van der Waals surface area contributed by atoms with Crippen molar-refractivity contribution in [1.82, 2.24) is 4.90 Å². The highest BCUT2D eigenvalue weighted by Gasteiger charge is 2.18. The molecule has 1 amide bonds. The van der Waals surface area contributed by atoms with Crippen molar-refractivity contribution in [2.45, 2.75) is 19.9 Å². The summed E-state index contributed by atoms with van der Waals surface area (Å²) in [7, 11) is 0. The standard InChI is InChI=1S/C11H15NO2/c1-3-12(11(13)14)9(2)10-7-5-4-6-8-10/h4-9H,3H2,1-2H3,(H,13,14). The monoisotopic (exact) mass is 193 g/mol. The molecule has 1 N–H and O–H groups in total. The van der Waals surface area contributed by atoms with Gasteiger partial charge in [0, 0.05) is 6.54 Å². The Morgan fingerprint density at radius 2 is 2.00 bits per heavy atom. The average molecular weight is 193 g/mol. The van der Waals surface area contributed by atoms with Gasteiger partial charge in [-0.2, -0.15) is 0 Å². The second-order valence-corrected chi connectivity index (χ2v) is 3.16. The summed E-state index contributed by atoms with van der Waals surface area (Å²) in [6, 6.07) is 9.56. The van der Waals surface area contributed by atoms with E-state index in [0.29, 0.717) is 6.54 Å². The molecule has 0 heterocycles. The first-order valence-corrected chi connectivity index (χ1v) is 4.71. The molecular formula is C11H15NO2. The number of amides is 1. The predicted molar refractivity (Wildman–Crippen MR) is 55.3 cm³/mol. The number of carboxylic acid groups (broad SMARTS) is 1. The van der Waals surface area contributed by atoms with Gasteiger partial charge < -0.3 is 10.0 Å². The topological polar surface area (TPSA) is 40.5 Å². The highest BCUT2D eigenvalue weighted by atomic mass is 16.4. The van der Waals surface area contributed by atoms with E-state index in [1.54, 1.807) is 0 Å². The van der Waals surface area contributed by atoms with Crippen LogP contribution in [-0.4, -0.2) is 22.6 Å².